The van der Waals surface area contributed by atoms with Crippen molar-refractivity contribution in [1.82, 2.24) is 10.2 Å². The minimum Gasteiger partial charge on any atom is -0.481 e. The van der Waals surface area contributed by atoms with Gasteiger partial charge in [-0.1, -0.05) is 6.42 Å². The molecule has 8 heteroatoms. The van der Waals surface area contributed by atoms with Gasteiger partial charge in [0.1, 0.15) is 6.04 Å². The molecule has 1 aliphatic carbocycles. The van der Waals surface area contributed by atoms with Crippen LogP contribution in [0.4, 0.5) is 18.0 Å². The van der Waals surface area contributed by atoms with Crippen LogP contribution in [-0.2, 0) is 4.79 Å². The predicted octanol–water partition coefficient (Wildman–Crippen LogP) is 1.83. The fourth-order valence-electron chi connectivity index (χ4n) is 3.15. The highest BCUT2D eigenvalue weighted by Gasteiger charge is 2.56. The Hall–Kier alpha value is -1.47. The number of hydrogen-bond donors (Lipinski definition) is 2. The highest BCUT2D eigenvalue weighted by atomic mass is 19.4. The molecular formula is C12H17F3N2O3. The van der Waals surface area contributed by atoms with E-state index in [-0.39, 0.29) is 19.0 Å². The van der Waals surface area contributed by atoms with Crippen molar-refractivity contribution < 1.29 is 27.9 Å². The van der Waals surface area contributed by atoms with Crippen LogP contribution in [0, 0.1) is 11.3 Å². The molecule has 0 spiro atoms. The molecule has 2 aliphatic rings. The van der Waals surface area contributed by atoms with Gasteiger partial charge in [0, 0.05) is 13.1 Å². The van der Waals surface area contributed by atoms with Gasteiger partial charge in [-0.3, -0.25) is 4.79 Å². The van der Waals surface area contributed by atoms with Gasteiger partial charge in [-0.25, -0.2) is 4.79 Å². The van der Waals surface area contributed by atoms with E-state index in [0.29, 0.717) is 12.8 Å². The summed E-state index contributed by atoms with van der Waals surface area (Å²) in [6.07, 6.45) is -2.54. The average Bonchev–Trinajstić information content (AvgIpc) is 2.83. The van der Waals surface area contributed by atoms with Crippen LogP contribution in [0.3, 0.4) is 0 Å². The third-order valence-electron chi connectivity index (χ3n) is 4.41. The first kappa shape index (κ1) is 14.9. The number of hydrogen-bond acceptors (Lipinski definition) is 2. The van der Waals surface area contributed by atoms with Crippen LogP contribution in [0.5, 0.6) is 0 Å². The molecule has 0 aromatic heterocycles. The van der Waals surface area contributed by atoms with Gasteiger partial charge in [0.2, 0.25) is 0 Å². The lowest BCUT2D eigenvalue weighted by Crippen LogP contribution is -2.49. The Morgan fingerprint density at radius 2 is 2.10 bits per heavy atom. The minimum atomic E-state index is -4.50. The molecule has 0 radical (unpaired) electrons. The van der Waals surface area contributed by atoms with Gasteiger partial charge in [-0.15, -0.1) is 0 Å². The lowest BCUT2D eigenvalue weighted by Gasteiger charge is -2.25. The number of urea groups is 1. The summed E-state index contributed by atoms with van der Waals surface area (Å²) in [5.74, 6) is -1.12. The predicted molar refractivity (Wildman–Crippen MR) is 63.0 cm³/mol. The Morgan fingerprint density at radius 3 is 2.60 bits per heavy atom. The molecule has 0 bridgehead atoms. The lowest BCUT2D eigenvalue weighted by molar-refractivity contribution is -0.150. The molecule has 0 aromatic carbocycles. The number of alkyl halides is 3. The first-order valence-corrected chi connectivity index (χ1v) is 6.52. The summed E-state index contributed by atoms with van der Waals surface area (Å²) in [4.78, 5) is 24.4. The van der Waals surface area contributed by atoms with Crippen molar-refractivity contribution in [2.24, 2.45) is 11.3 Å². The van der Waals surface area contributed by atoms with Crippen molar-refractivity contribution in [3.05, 3.63) is 0 Å². The van der Waals surface area contributed by atoms with Crippen LogP contribution in [0.2, 0.25) is 0 Å². The minimum absolute atomic E-state index is 0.0105. The molecular weight excluding hydrogens is 277 g/mol. The monoisotopic (exact) mass is 294 g/mol. The molecule has 1 saturated carbocycles. The second kappa shape index (κ2) is 4.82. The normalized spacial score (nSPS) is 31.0. The molecule has 20 heavy (non-hydrogen) atoms. The number of halogens is 3. The van der Waals surface area contributed by atoms with E-state index in [2.05, 4.69) is 0 Å². The van der Waals surface area contributed by atoms with Gasteiger partial charge in [0.15, 0.2) is 0 Å². The van der Waals surface area contributed by atoms with E-state index in [1.54, 1.807) is 0 Å². The number of carboxylic acids is 1. The Kier molecular flexibility index (Phi) is 3.60. The maximum Gasteiger partial charge on any atom is 0.408 e. The number of nitrogens with one attached hydrogen (secondary N) is 1. The summed E-state index contributed by atoms with van der Waals surface area (Å²) in [5.41, 5.74) is -0.973. The maximum atomic E-state index is 12.4. The number of fused-ring (bicyclic) bond motifs is 1. The number of carboxylic acid groups (broad SMARTS) is 1. The Balaban J connectivity index is 2.03. The van der Waals surface area contributed by atoms with Crippen LogP contribution in [-0.4, -0.2) is 47.3 Å². The average molecular weight is 294 g/mol. The van der Waals surface area contributed by atoms with E-state index in [1.807, 2.05) is 5.32 Å². The molecule has 1 heterocycles. The number of rotatable bonds is 2. The number of carbonyl (C=O) groups excluding carboxylic acids is 1. The van der Waals surface area contributed by atoms with E-state index in [1.165, 1.54) is 4.90 Å². The smallest absolute Gasteiger partial charge is 0.408 e. The van der Waals surface area contributed by atoms with Crippen LogP contribution in [0.1, 0.15) is 26.2 Å². The Bertz CT molecular complexity index is 427. The quantitative estimate of drug-likeness (QED) is 0.816. The maximum absolute atomic E-state index is 12.4. The van der Waals surface area contributed by atoms with Crippen molar-refractivity contribution in [3.8, 4) is 0 Å². The fraction of sp³-hybridized carbons (Fsp3) is 0.833. The van der Waals surface area contributed by atoms with Crippen molar-refractivity contribution in [2.45, 2.75) is 38.4 Å². The molecule has 1 aliphatic heterocycles. The zero-order valence-electron chi connectivity index (χ0n) is 11.0. The van der Waals surface area contributed by atoms with Crippen molar-refractivity contribution >= 4 is 12.0 Å². The Morgan fingerprint density at radius 1 is 1.45 bits per heavy atom. The third kappa shape index (κ3) is 2.43. The number of aliphatic carboxylic acids is 1. The number of likely N-dealkylation sites (tertiary alicyclic amines) is 1. The highest BCUT2D eigenvalue weighted by Crippen LogP contribution is 2.48. The van der Waals surface area contributed by atoms with E-state index < -0.39 is 29.6 Å². The molecule has 0 aromatic rings. The first-order valence-electron chi connectivity index (χ1n) is 6.52. The van der Waals surface area contributed by atoms with Gasteiger partial charge in [-0.05, 0) is 25.7 Å². The van der Waals surface area contributed by atoms with E-state index >= 15 is 0 Å². The molecule has 1 saturated heterocycles. The van der Waals surface area contributed by atoms with Gasteiger partial charge < -0.3 is 15.3 Å². The van der Waals surface area contributed by atoms with Crippen LogP contribution >= 0.6 is 0 Å². The van der Waals surface area contributed by atoms with Crippen molar-refractivity contribution in [1.29, 1.82) is 0 Å². The second-order valence-electron chi connectivity index (χ2n) is 5.64. The standard InChI is InChI=1S/C12H17F3N2O3/c1-7(12(13,14)15)16-10(20)17-5-8-3-2-4-11(8,6-17)9(18)19/h7-8H,2-6H2,1H3,(H,16,20)(H,18,19)/t7?,8-,11+/m0/s1. The first-order chi connectivity index (χ1) is 9.17. The van der Waals surface area contributed by atoms with E-state index in [9.17, 15) is 27.9 Å². The number of carbonyl (C=O) groups is 2. The molecule has 2 N–H and O–H groups in total. The summed E-state index contributed by atoms with van der Waals surface area (Å²) < 4.78 is 37.2. The summed E-state index contributed by atoms with van der Waals surface area (Å²) in [5, 5.41) is 11.2. The number of nitrogens with zero attached hydrogens (tertiary/aromatic N) is 1. The number of amides is 2. The van der Waals surface area contributed by atoms with Gasteiger partial charge in [0.05, 0.1) is 5.41 Å². The Labute approximate surface area is 114 Å². The molecule has 114 valence electrons. The van der Waals surface area contributed by atoms with Crippen LogP contribution < -0.4 is 5.32 Å². The molecule has 3 atom stereocenters. The van der Waals surface area contributed by atoms with Gasteiger partial charge in [-0.2, -0.15) is 13.2 Å². The summed E-state index contributed by atoms with van der Waals surface area (Å²) in [6, 6.07) is -2.79. The molecule has 2 fully saturated rings. The summed E-state index contributed by atoms with van der Waals surface area (Å²) in [6.45, 7) is 1.06. The van der Waals surface area contributed by atoms with Crippen molar-refractivity contribution in [2.75, 3.05) is 13.1 Å². The van der Waals surface area contributed by atoms with Crippen LogP contribution in [0.25, 0.3) is 0 Å². The van der Waals surface area contributed by atoms with Crippen LogP contribution in [0.15, 0.2) is 0 Å². The van der Waals surface area contributed by atoms with E-state index in [4.69, 9.17) is 0 Å². The molecule has 5 nitrogen and oxygen atoms in total. The lowest BCUT2D eigenvalue weighted by atomic mass is 9.81. The van der Waals surface area contributed by atoms with Gasteiger partial charge >= 0.3 is 18.2 Å². The van der Waals surface area contributed by atoms with E-state index in [0.717, 1.165) is 13.3 Å². The largest absolute Gasteiger partial charge is 0.481 e. The summed E-state index contributed by atoms with van der Waals surface area (Å²) >= 11 is 0. The topological polar surface area (TPSA) is 69.6 Å². The molecule has 1 unspecified atom stereocenters. The highest BCUT2D eigenvalue weighted by molar-refractivity contribution is 5.80. The molecule has 2 amide bonds. The fourth-order valence-corrected chi connectivity index (χ4v) is 3.15. The van der Waals surface area contributed by atoms with Crippen molar-refractivity contribution in [3.63, 3.8) is 0 Å². The zero-order chi connectivity index (χ0) is 15.1. The molecule has 2 rings (SSSR count). The summed E-state index contributed by atoms with van der Waals surface area (Å²) in [7, 11) is 0. The van der Waals surface area contributed by atoms with Gasteiger partial charge in [0.25, 0.3) is 0 Å². The zero-order valence-corrected chi connectivity index (χ0v) is 11.0. The second-order valence-corrected chi connectivity index (χ2v) is 5.64. The SMILES string of the molecule is CC(NC(=O)N1C[C@@H]2CCC[C@@]2(C(=O)O)C1)C(F)(F)F. The third-order valence-corrected chi connectivity index (χ3v) is 4.41.